The molecular weight excluding hydrogens is 362 g/mol. The average Bonchev–Trinajstić information content (AvgIpc) is 2.77. The summed E-state index contributed by atoms with van der Waals surface area (Å²) in [6, 6.07) is 24.3. The van der Waals surface area contributed by atoms with Gasteiger partial charge in [-0.1, -0.05) is 48.5 Å². The summed E-state index contributed by atoms with van der Waals surface area (Å²) in [4.78, 5) is 19.6. The fraction of sp³-hybridized carbons (Fsp3) is 0.125. The summed E-state index contributed by atoms with van der Waals surface area (Å²) in [6.45, 7) is 4.35. The van der Waals surface area contributed by atoms with Crippen LogP contribution in [0.5, 0.6) is 0 Å². The molecular formula is C24H21N3O2. The van der Waals surface area contributed by atoms with Crippen LogP contribution in [0.4, 0.5) is 11.4 Å². The molecule has 0 bridgehead atoms. The third-order valence-electron chi connectivity index (χ3n) is 4.52. The zero-order chi connectivity index (χ0) is 20.6. The molecule has 0 saturated heterocycles. The van der Waals surface area contributed by atoms with Gasteiger partial charge in [-0.05, 0) is 54.6 Å². The summed E-state index contributed by atoms with van der Waals surface area (Å²) >= 11 is 0. The van der Waals surface area contributed by atoms with Crippen molar-refractivity contribution in [3.05, 3.63) is 106 Å². The van der Waals surface area contributed by atoms with E-state index in [0.717, 1.165) is 33.7 Å². The van der Waals surface area contributed by atoms with Gasteiger partial charge in [-0.2, -0.15) is 0 Å². The van der Waals surface area contributed by atoms with Crippen LogP contribution in [0.2, 0.25) is 0 Å². The third kappa shape index (κ3) is 5.34. The summed E-state index contributed by atoms with van der Waals surface area (Å²) in [5, 5.41) is 10.8. The molecule has 0 aliphatic rings. The van der Waals surface area contributed by atoms with Gasteiger partial charge in [0.25, 0.3) is 5.69 Å². The molecule has 3 rings (SSSR count). The molecule has 0 heterocycles. The van der Waals surface area contributed by atoms with E-state index in [1.807, 2.05) is 68.4 Å². The minimum atomic E-state index is -0.407. The lowest BCUT2D eigenvalue weighted by Gasteiger charge is -2.04. The Kier molecular flexibility index (Phi) is 6.46. The second-order valence-electron chi connectivity index (χ2n) is 6.55. The summed E-state index contributed by atoms with van der Waals surface area (Å²) in [6.07, 6.45) is 0. The van der Waals surface area contributed by atoms with Crippen LogP contribution >= 0.6 is 0 Å². The number of rotatable bonds is 6. The van der Waals surface area contributed by atoms with E-state index in [-0.39, 0.29) is 5.69 Å². The maximum Gasteiger partial charge on any atom is 0.269 e. The number of non-ortho nitro benzene ring substituents is 1. The predicted octanol–water partition coefficient (Wildman–Crippen LogP) is 6.01. The Labute approximate surface area is 169 Å². The average molecular weight is 383 g/mol. The number of nitro benzene ring substituents is 1. The highest BCUT2D eigenvalue weighted by Gasteiger charge is 2.06. The largest absolute Gasteiger partial charge is 0.285 e. The molecule has 144 valence electrons. The SMILES string of the molecule is CC(=C=Nc1ccccc1CN=C(C)c1ccc([N+](=O)[O-])cc1)c1ccccc1. The molecule has 0 aliphatic heterocycles. The van der Waals surface area contributed by atoms with Gasteiger partial charge < -0.3 is 0 Å². The van der Waals surface area contributed by atoms with E-state index in [1.54, 1.807) is 12.1 Å². The first kappa shape index (κ1) is 19.9. The van der Waals surface area contributed by atoms with Crippen molar-refractivity contribution in [1.82, 2.24) is 0 Å². The van der Waals surface area contributed by atoms with E-state index in [9.17, 15) is 10.1 Å². The first-order valence-electron chi connectivity index (χ1n) is 9.24. The molecule has 0 unspecified atom stereocenters. The molecule has 0 amide bonds. The topological polar surface area (TPSA) is 67.9 Å². The molecule has 0 radical (unpaired) electrons. The summed E-state index contributed by atoms with van der Waals surface area (Å²) in [7, 11) is 0. The number of hydrogen-bond donors (Lipinski definition) is 0. The highest BCUT2D eigenvalue weighted by Crippen LogP contribution is 2.20. The minimum absolute atomic E-state index is 0.0711. The normalized spacial score (nSPS) is 10.9. The van der Waals surface area contributed by atoms with Crippen LogP contribution in [-0.2, 0) is 6.54 Å². The van der Waals surface area contributed by atoms with Crippen LogP contribution in [0, 0.1) is 10.1 Å². The number of para-hydroxylation sites is 1. The van der Waals surface area contributed by atoms with Gasteiger partial charge in [0.1, 0.15) is 0 Å². The van der Waals surface area contributed by atoms with E-state index >= 15 is 0 Å². The van der Waals surface area contributed by atoms with E-state index < -0.39 is 4.92 Å². The Morgan fingerprint density at radius 3 is 2.24 bits per heavy atom. The van der Waals surface area contributed by atoms with Gasteiger partial charge in [0.05, 0.1) is 17.2 Å². The zero-order valence-electron chi connectivity index (χ0n) is 16.4. The Bertz CT molecular complexity index is 1090. The molecule has 5 heteroatoms. The Hall–Kier alpha value is -3.82. The zero-order valence-corrected chi connectivity index (χ0v) is 16.4. The van der Waals surface area contributed by atoms with Crippen LogP contribution in [-0.4, -0.2) is 16.5 Å². The molecule has 0 fully saturated rings. The van der Waals surface area contributed by atoms with Crippen molar-refractivity contribution in [2.24, 2.45) is 9.98 Å². The van der Waals surface area contributed by atoms with Gasteiger partial charge in [-0.25, -0.2) is 4.99 Å². The predicted molar refractivity (Wildman–Crippen MR) is 118 cm³/mol. The smallest absolute Gasteiger partial charge is 0.269 e. The monoisotopic (exact) mass is 383 g/mol. The van der Waals surface area contributed by atoms with Crippen molar-refractivity contribution >= 4 is 28.5 Å². The highest BCUT2D eigenvalue weighted by molar-refractivity contribution is 5.98. The molecule has 29 heavy (non-hydrogen) atoms. The third-order valence-corrected chi connectivity index (χ3v) is 4.52. The van der Waals surface area contributed by atoms with Crippen LogP contribution in [0.15, 0.2) is 88.8 Å². The molecule has 0 atom stereocenters. The van der Waals surface area contributed by atoms with Crippen molar-refractivity contribution in [3.8, 4) is 0 Å². The van der Waals surface area contributed by atoms with Crippen LogP contribution in [0.1, 0.15) is 30.5 Å². The first-order valence-corrected chi connectivity index (χ1v) is 9.24. The van der Waals surface area contributed by atoms with Crippen molar-refractivity contribution in [2.45, 2.75) is 20.4 Å². The van der Waals surface area contributed by atoms with Crippen molar-refractivity contribution in [1.29, 1.82) is 0 Å². The first-order chi connectivity index (χ1) is 14.0. The minimum Gasteiger partial charge on any atom is -0.285 e. The fourth-order valence-electron chi connectivity index (χ4n) is 2.77. The lowest BCUT2D eigenvalue weighted by molar-refractivity contribution is -0.384. The Morgan fingerprint density at radius 2 is 1.55 bits per heavy atom. The Morgan fingerprint density at radius 1 is 0.897 bits per heavy atom. The number of nitro groups is 1. The summed E-state index contributed by atoms with van der Waals surface area (Å²) in [5.41, 5.74) is 5.60. The lowest BCUT2D eigenvalue weighted by Crippen LogP contribution is -1.97. The van der Waals surface area contributed by atoms with Gasteiger partial charge in [-0.15, -0.1) is 0 Å². The number of allylic oxidation sites excluding steroid dienone is 1. The van der Waals surface area contributed by atoms with Gasteiger partial charge >= 0.3 is 0 Å². The highest BCUT2D eigenvalue weighted by atomic mass is 16.6. The van der Waals surface area contributed by atoms with Crippen LogP contribution in [0.3, 0.4) is 0 Å². The molecule has 5 nitrogen and oxygen atoms in total. The summed E-state index contributed by atoms with van der Waals surface area (Å²) < 4.78 is 0. The van der Waals surface area contributed by atoms with Crippen LogP contribution < -0.4 is 0 Å². The van der Waals surface area contributed by atoms with E-state index in [1.165, 1.54) is 12.1 Å². The Balaban J connectivity index is 1.81. The van der Waals surface area contributed by atoms with Crippen molar-refractivity contribution in [3.63, 3.8) is 0 Å². The molecule has 0 saturated carbocycles. The molecule has 0 aromatic heterocycles. The molecule has 0 spiro atoms. The van der Waals surface area contributed by atoms with E-state index in [0.29, 0.717) is 6.54 Å². The van der Waals surface area contributed by atoms with E-state index in [2.05, 4.69) is 15.9 Å². The van der Waals surface area contributed by atoms with Crippen molar-refractivity contribution in [2.75, 3.05) is 0 Å². The maximum atomic E-state index is 10.8. The second-order valence-corrected chi connectivity index (χ2v) is 6.55. The van der Waals surface area contributed by atoms with Gasteiger partial charge in [0.2, 0.25) is 0 Å². The fourth-order valence-corrected chi connectivity index (χ4v) is 2.77. The quantitative estimate of drug-likeness (QED) is 0.297. The number of benzene rings is 3. The standard InChI is InChI=1S/C24H21N3O2/c1-18(20-8-4-3-5-9-20)16-26-24-11-7-6-10-22(24)17-25-19(2)21-12-14-23(15-13-21)27(28)29/h3-15H,17H2,1-2H3. The van der Waals surface area contributed by atoms with Crippen LogP contribution in [0.25, 0.3) is 5.57 Å². The summed E-state index contributed by atoms with van der Waals surface area (Å²) in [5.74, 6) is 3.12. The molecule has 3 aromatic rings. The van der Waals surface area contributed by atoms with Gasteiger partial charge in [-0.3, -0.25) is 15.1 Å². The number of hydrogen-bond acceptors (Lipinski definition) is 4. The molecule has 3 aromatic carbocycles. The van der Waals surface area contributed by atoms with Gasteiger partial charge in [0.15, 0.2) is 0 Å². The van der Waals surface area contributed by atoms with Crippen molar-refractivity contribution < 1.29 is 4.92 Å². The van der Waals surface area contributed by atoms with E-state index in [4.69, 9.17) is 0 Å². The molecule has 0 aliphatic carbocycles. The lowest BCUT2D eigenvalue weighted by atomic mass is 10.1. The number of nitrogens with zero attached hydrogens (tertiary/aromatic N) is 3. The van der Waals surface area contributed by atoms with Gasteiger partial charge in [0, 0.05) is 23.4 Å². The molecule has 0 N–H and O–H groups in total. The maximum absolute atomic E-state index is 10.8. The number of aliphatic imine (C=N–C) groups is 2. The second kappa shape index (κ2) is 9.40.